The smallest absolute Gasteiger partial charge is 0.231 e. The van der Waals surface area contributed by atoms with E-state index in [-0.39, 0.29) is 19.2 Å². The molecule has 2 aliphatic heterocycles. The first-order chi connectivity index (χ1) is 17.2. The third kappa shape index (κ3) is 5.21. The van der Waals surface area contributed by atoms with Gasteiger partial charge in [-0.25, -0.2) is 0 Å². The number of fused-ring (bicyclic) bond motifs is 2. The molecule has 0 atom stereocenters. The number of benzene rings is 3. The highest BCUT2D eigenvalue weighted by molar-refractivity contribution is 6.31. The maximum Gasteiger partial charge on any atom is 0.231 e. The monoisotopic (exact) mass is 525 g/mol. The lowest BCUT2D eigenvalue weighted by atomic mass is 10.1. The average Bonchev–Trinajstić information content (AvgIpc) is 3.51. The third-order valence-corrected chi connectivity index (χ3v) is 7.04. The number of aromatic nitrogens is 1. The van der Waals surface area contributed by atoms with Gasteiger partial charge in [0.1, 0.15) is 5.75 Å². The summed E-state index contributed by atoms with van der Waals surface area (Å²) < 4.78 is 17.2. The molecule has 3 heterocycles. The summed E-state index contributed by atoms with van der Waals surface area (Å²) in [5.74, 6) is 3.10. The van der Waals surface area contributed by atoms with Crippen molar-refractivity contribution in [2.75, 3.05) is 44.4 Å². The van der Waals surface area contributed by atoms with Crippen molar-refractivity contribution < 1.29 is 14.2 Å². The Labute approximate surface area is 222 Å². The molecule has 1 N–H and O–H groups in total. The highest BCUT2D eigenvalue weighted by Gasteiger charge is 2.21. The van der Waals surface area contributed by atoms with E-state index in [2.05, 4.69) is 39.2 Å². The molecule has 0 aliphatic carbocycles. The van der Waals surface area contributed by atoms with Crippen molar-refractivity contribution in [1.82, 2.24) is 9.88 Å². The quantitative estimate of drug-likeness (QED) is 0.297. The van der Waals surface area contributed by atoms with Gasteiger partial charge in [-0.1, -0.05) is 29.8 Å². The topological polar surface area (TPSA) is 50.0 Å². The standard InChI is InChI=1S/C28H28ClN3O3.ClH/c29-21-7-9-23-20(18-30-24(23)16-21)4-3-11-31-12-14-32(15-13-31)25-5-1-2-6-26(25)35-22-8-10-27-28(17-22)34-19-33-27;/h1-2,5-10,16-18,30H,3-4,11-15,19H2;1H. The summed E-state index contributed by atoms with van der Waals surface area (Å²) in [6.45, 7) is 5.41. The van der Waals surface area contributed by atoms with Crippen LogP contribution in [-0.4, -0.2) is 49.4 Å². The number of nitrogens with zero attached hydrogens (tertiary/aromatic N) is 2. The first-order valence-electron chi connectivity index (χ1n) is 12.1. The van der Waals surface area contributed by atoms with Gasteiger partial charge in [0.25, 0.3) is 0 Å². The van der Waals surface area contributed by atoms with Crippen LogP contribution in [0.15, 0.2) is 66.9 Å². The van der Waals surface area contributed by atoms with Crippen LogP contribution in [0.2, 0.25) is 5.02 Å². The largest absolute Gasteiger partial charge is 0.455 e. The van der Waals surface area contributed by atoms with Crippen molar-refractivity contribution in [2.45, 2.75) is 12.8 Å². The number of ether oxygens (including phenoxy) is 3. The van der Waals surface area contributed by atoms with Crippen LogP contribution in [0.4, 0.5) is 5.69 Å². The maximum atomic E-state index is 6.26. The van der Waals surface area contributed by atoms with E-state index in [0.29, 0.717) is 0 Å². The lowest BCUT2D eigenvalue weighted by Gasteiger charge is -2.36. The van der Waals surface area contributed by atoms with Gasteiger partial charge in [-0.05, 0) is 61.3 Å². The zero-order valence-corrected chi connectivity index (χ0v) is 21.5. The van der Waals surface area contributed by atoms with Crippen molar-refractivity contribution in [3.63, 3.8) is 0 Å². The lowest BCUT2D eigenvalue weighted by Crippen LogP contribution is -2.46. The molecule has 0 bridgehead atoms. The van der Waals surface area contributed by atoms with Crippen LogP contribution < -0.4 is 19.1 Å². The van der Waals surface area contributed by atoms with Gasteiger partial charge in [-0.3, -0.25) is 4.90 Å². The maximum absolute atomic E-state index is 6.26. The molecule has 6 nitrogen and oxygen atoms in total. The minimum atomic E-state index is 0. The van der Waals surface area contributed by atoms with Crippen LogP contribution >= 0.6 is 24.0 Å². The van der Waals surface area contributed by atoms with Crippen LogP contribution in [0.5, 0.6) is 23.0 Å². The fourth-order valence-corrected chi connectivity index (χ4v) is 5.11. The van der Waals surface area contributed by atoms with E-state index in [1.807, 2.05) is 42.5 Å². The van der Waals surface area contributed by atoms with Gasteiger partial charge < -0.3 is 24.1 Å². The molecule has 1 fully saturated rings. The molecule has 0 saturated carbocycles. The van der Waals surface area contributed by atoms with Crippen LogP contribution in [0.1, 0.15) is 12.0 Å². The van der Waals surface area contributed by atoms with Gasteiger partial charge in [0.05, 0.1) is 5.69 Å². The van der Waals surface area contributed by atoms with Crippen molar-refractivity contribution in [1.29, 1.82) is 0 Å². The highest BCUT2D eigenvalue weighted by Crippen LogP contribution is 2.39. The number of piperazine rings is 1. The van der Waals surface area contributed by atoms with Crippen molar-refractivity contribution in [3.8, 4) is 23.0 Å². The van der Waals surface area contributed by atoms with Gasteiger partial charge in [0.15, 0.2) is 17.2 Å². The Morgan fingerprint density at radius 2 is 1.75 bits per heavy atom. The molecule has 188 valence electrons. The van der Waals surface area contributed by atoms with E-state index >= 15 is 0 Å². The van der Waals surface area contributed by atoms with Gasteiger partial charge in [-0.2, -0.15) is 0 Å². The summed E-state index contributed by atoms with van der Waals surface area (Å²) in [6.07, 6.45) is 4.32. The number of rotatable bonds is 7. The molecule has 0 spiro atoms. The van der Waals surface area contributed by atoms with Crippen molar-refractivity contribution in [3.05, 3.63) is 77.4 Å². The SMILES string of the molecule is Cl.Clc1ccc2c(CCCN3CCN(c4ccccc4Oc4ccc5c(c4)OCO5)CC3)c[nH]c2c1. The molecule has 4 aromatic rings. The fraction of sp³-hybridized carbons (Fsp3) is 0.286. The molecule has 0 amide bonds. The molecule has 36 heavy (non-hydrogen) atoms. The first-order valence-corrected chi connectivity index (χ1v) is 12.5. The first kappa shape index (κ1) is 24.6. The minimum absolute atomic E-state index is 0. The summed E-state index contributed by atoms with van der Waals surface area (Å²) in [5.41, 5.74) is 3.61. The Morgan fingerprint density at radius 1 is 0.917 bits per heavy atom. The van der Waals surface area contributed by atoms with Gasteiger partial charge in [0.2, 0.25) is 6.79 Å². The van der Waals surface area contributed by atoms with Gasteiger partial charge in [0, 0.05) is 54.4 Å². The number of para-hydroxylation sites is 2. The molecule has 2 aliphatic rings. The molecular formula is C28H29Cl2N3O3. The number of nitrogens with one attached hydrogen (secondary N) is 1. The highest BCUT2D eigenvalue weighted by atomic mass is 35.5. The molecule has 1 saturated heterocycles. The molecule has 6 rings (SSSR count). The van der Waals surface area contributed by atoms with E-state index in [1.54, 1.807) is 0 Å². The minimum Gasteiger partial charge on any atom is -0.455 e. The Balaban J connectivity index is 0.00000267. The molecule has 0 unspecified atom stereocenters. The summed E-state index contributed by atoms with van der Waals surface area (Å²) >= 11 is 6.11. The van der Waals surface area contributed by atoms with Gasteiger partial charge >= 0.3 is 0 Å². The van der Waals surface area contributed by atoms with E-state index < -0.39 is 0 Å². The molecule has 0 radical (unpaired) electrons. The number of aromatic amines is 1. The number of hydrogen-bond donors (Lipinski definition) is 1. The Morgan fingerprint density at radius 3 is 2.64 bits per heavy atom. The number of aryl methyl sites for hydroxylation is 1. The van der Waals surface area contributed by atoms with Gasteiger partial charge in [-0.15, -0.1) is 12.4 Å². The average molecular weight is 526 g/mol. The van der Waals surface area contributed by atoms with Crippen LogP contribution in [0, 0.1) is 0 Å². The number of halogens is 2. The predicted molar refractivity (Wildman–Crippen MR) is 147 cm³/mol. The van der Waals surface area contributed by atoms with E-state index in [4.69, 9.17) is 25.8 Å². The van der Waals surface area contributed by atoms with Crippen LogP contribution in [-0.2, 0) is 6.42 Å². The molecular weight excluding hydrogens is 497 g/mol. The molecule has 1 aromatic heterocycles. The second-order valence-electron chi connectivity index (χ2n) is 9.02. The van der Waals surface area contributed by atoms with Crippen LogP contribution in [0.25, 0.3) is 10.9 Å². The van der Waals surface area contributed by atoms with Crippen molar-refractivity contribution in [2.24, 2.45) is 0 Å². The Kier molecular flexibility index (Phi) is 7.46. The molecule has 8 heteroatoms. The summed E-state index contributed by atoms with van der Waals surface area (Å²) in [5, 5.41) is 2.05. The van der Waals surface area contributed by atoms with Crippen LogP contribution in [0.3, 0.4) is 0 Å². The summed E-state index contributed by atoms with van der Waals surface area (Å²) in [7, 11) is 0. The van der Waals surface area contributed by atoms with E-state index in [0.717, 1.165) is 84.8 Å². The Hall–Kier alpha value is -3.06. The summed E-state index contributed by atoms with van der Waals surface area (Å²) in [6, 6.07) is 20.0. The number of H-pyrrole nitrogens is 1. The second-order valence-corrected chi connectivity index (χ2v) is 9.46. The van der Waals surface area contributed by atoms with Crippen molar-refractivity contribution >= 4 is 40.6 Å². The van der Waals surface area contributed by atoms with E-state index in [1.165, 1.54) is 10.9 Å². The lowest BCUT2D eigenvalue weighted by molar-refractivity contribution is 0.174. The van der Waals surface area contributed by atoms with E-state index in [9.17, 15) is 0 Å². The predicted octanol–water partition coefficient (Wildman–Crippen LogP) is 6.52. The normalized spacial score (nSPS) is 15.2. The molecule has 3 aromatic carbocycles. The Bertz CT molecular complexity index is 1330. The zero-order chi connectivity index (χ0) is 23.6. The number of anilines is 1. The third-order valence-electron chi connectivity index (χ3n) is 6.80. The fourth-order valence-electron chi connectivity index (χ4n) is 4.94. The summed E-state index contributed by atoms with van der Waals surface area (Å²) in [4.78, 5) is 8.32. The second kappa shape index (κ2) is 10.9. The zero-order valence-electron chi connectivity index (χ0n) is 19.9. The number of hydrogen-bond acceptors (Lipinski definition) is 5.